The van der Waals surface area contributed by atoms with Gasteiger partial charge in [-0.1, -0.05) is 36.9 Å². The summed E-state index contributed by atoms with van der Waals surface area (Å²) in [4.78, 5) is 37.5. The Hall–Kier alpha value is -3.41. The average molecular weight is 349 g/mol. The summed E-state index contributed by atoms with van der Waals surface area (Å²) in [6.07, 6.45) is 0.283. The molecular formula is C20H19N3O3. The molecule has 26 heavy (non-hydrogen) atoms. The van der Waals surface area contributed by atoms with Gasteiger partial charge in [0.25, 0.3) is 5.91 Å². The standard InChI is InChI=1S/C20H19N3O3/c1-13-16-5-3-4-6-17(16)20(26)23(13)12-19(25)22-15-9-7-14(8-10-15)11-18(24)21-2/h3-10H,1,11-12H2,2H3,(H,21,24)(H,22,25). The lowest BCUT2D eigenvalue weighted by Gasteiger charge is -2.17. The van der Waals surface area contributed by atoms with Gasteiger partial charge >= 0.3 is 0 Å². The van der Waals surface area contributed by atoms with Crippen molar-refractivity contribution in [2.24, 2.45) is 0 Å². The fraction of sp³-hybridized carbons (Fsp3) is 0.150. The minimum Gasteiger partial charge on any atom is -0.359 e. The van der Waals surface area contributed by atoms with E-state index in [-0.39, 0.29) is 30.7 Å². The van der Waals surface area contributed by atoms with Gasteiger partial charge in [-0.2, -0.15) is 0 Å². The Labute approximate surface area is 151 Å². The second-order valence-corrected chi connectivity index (χ2v) is 5.98. The van der Waals surface area contributed by atoms with E-state index in [1.807, 2.05) is 12.1 Å². The molecule has 0 saturated carbocycles. The van der Waals surface area contributed by atoms with Crippen molar-refractivity contribution in [1.82, 2.24) is 10.2 Å². The molecule has 1 aliphatic rings. The van der Waals surface area contributed by atoms with Gasteiger partial charge in [-0.25, -0.2) is 0 Å². The van der Waals surface area contributed by atoms with E-state index >= 15 is 0 Å². The molecule has 0 radical (unpaired) electrons. The first-order valence-electron chi connectivity index (χ1n) is 8.19. The molecule has 3 amide bonds. The normalized spacial score (nSPS) is 12.7. The Bertz CT molecular complexity index is 852. The van der Waals surface area contributed by atoms with Crippen LogP contribution in [0.5, 0.6) is 0 Å². The molecule has 132 valence electrons. The van der Waals surface area contributed by atoms with Crippen LogP contribution in [0.2, 0.25) is 0 Å². The highest BCUT2D eigenvalue weighted by Crippen LogP contribution is 2.30. The molecule has 0 atom stereocenters. The van der Waals surface area contributed by atoms with Crippen molar-refractivity contribution in [3.63, 3.8) is 0 Å². The number of likely N-dealkylation sites (N-methyl/N-ethyl adjacent to an activating group) is 1. The van der Waals surface area contributed by atoms with E-state index in [1.165, 1.54) is 4.90 Å². The number of carbonyl (C=O) groups is 3. The first kappa shape index (κ1) is 17.4. The van der Waals surface area contributed by atoms with Gasteiger partial charge in [0.1, 0.15) is 6.54 Å². The van der Waals surface area contributed by atoms with E-state index in [0.29, 0.717) is 16.9 Å². The van der Waals surface area contributed by atoms with Crippen LogP contribution in [-0.4, -0.2) is 36.2 Å². The fourth-order valence-corrected chi connectivity index (χ4v) is 2.83. The summed E-state index contributed by atoms with van der Waals surface area (Å²) >= 11 is 0. The molecule has 1 heterocycles. The van der Waals surface area contributed by atoms with Crippen molar-refractivity contribution in [3.05, 3.63) is 71.8 Å². The molecule has 0 spiro atoms. The predicted molar refractivity (Wildman–Crippen MR) is 99.4 cm³/mol. The van der Waals surface area contributed by atoms with Crippen LogP contribution in [0.3, 0.4) is 0 Å². The highest BCUT2D eigenvalue weighted by Gasteiger charge is 2.31. The third kappa shape index (κ3) is 3.49. The third-order valence-electron chi connectivity index (χ3n) is 4.22. The van der Waals surface area contributed by atoms with Crippen molar-refractivity contribution in [2.45, 2.75) is 6.42 Å². The number of benzene rings is 2. The summed E-state index contributed by atoms with van der Waals surface area (Å²) in [5.41, 5.74) is 3.29. The SMILES string of the molecule is C=C1c2ccccc2C(=O)N1CC(=O)Nc1ccc(CC(=O)NC)cc1. The zero-order valence-corrected chi connectivity index (χ0v) is 14.4. The van der Waals surface area contributed by atoms with Crippen LogP contribution in [0.25, 0.3) is 5.70 Å². The van der Waals surface area contributed by atoms with Gasteiger partial charge in [-0.15, -0.1) is 0 Å². The molecule has 1 aliphatic heterocycles. The smallest absolute Gasteiger partial charge is 0.259 e. The Kier molecular flexibility index (Phi) is 4.84. The number of anilines is 1. The summed E-state index contributed by atoms with van der Waals surface area (Å²) in [5, 5.41) is 5.32. The van der Waals surface area contributed by atoms with Crippen molar-refractivity contribution in [1.29, 1.82) is 0 Å². The number of nitrogens with zero attached hydrogens (tertiary/aromatic N) is 1. The molecule has 2 aromatic carbocycles. The van der Waals surface area contributed by atoms with Crippen LogP contribution in [0.4, 0.5) is 5.69 Å². The van der Waals surface area contributed by atoms with E-state index in [2.05, 4.69) is 17.2 Å². The summed E-state index contributed by atoms with van der Waals surface area (Å²) in [6.45, 7) is 3.82. The van der Waals surface area contributed by atoms with Gasteiger partial charge in [-0.3, -0.25) is 19.3 Å². The Morgan fingerprint density at radius 3 is 2.27 bits per heavy atom. The first-order chi connectivity index (χ1) is 12.5. The number of nitrogens with one attached hydrogen (secondary N) is 2. The highest BCUT2D eigenvalue weighted by molar-refractivity contribution is 6.11. The van der Waals surface area contributed by atoms with Gasteiger partial charge in [0.05, 0.1) is 6.42 Å². The molecule has 0 aromatic heterocycles. The van der Waals surface area contributed by atoms with Crippen molar-refractivity contribution >= 4 is 29.1 Å². The van der Waals surface area contributed by atoms with E-state index < -0.39 is 0 Å². The summed E-state index contributed by atoms with van der Waals surface area (Å²) in [6, 6.07) is 14.2. The van der Waals surface area contributed by atoms with Crippen LogP contribution in [0.1, 0.15) is 21.5 Å². The van der Waals surface area contributed by atoms with Crippen LogP contribution >= 0.6 is 0 Å². The van der Waals surface area contributed by atoms with Crippen LogP contribution in [0.15, 0.2) is 55.1 Å². The number of rotatable bonds is 5. The molecule has 0 aliphatic carbocycles. The zero-order chi connectivity index (χ0) is 18.7. The third-order valence-corrected chi connectivity index (χ3v) is 4.22. The maximum absolute atomic E-state index is 12.4. The molecule has 0 unspecified atom stereocenters. The van der Waals surface area contributed by atoms with Crippen molar-refractivity contribution in [2.75, 3.05) is 18.9 Å². The minimum atomic E-state index is -0.314. The van der Waals surface area contributed by atoms with E-state index in [1.54, 1.807) is 43.4 Å². The molecular weight excluding hydrogens is 330 g/mol. The second kappa shape index (κ2) is 7.23. The highest BCUT2D eigenvalue weighted by atomic mass is 16.2. The Morgan fingerprint density at radius 2 is 1.65 bits per heavy atom. The maximum Gasteiger partial charge on any atom is 0.259 e. The summed E-state index contributed by atoms with van der Waals surface area (Å²) in [7, 11) is 1.59. The molecule has 0 fully saturated rings. The fourth-order valence-electron chi connectivity index (χ4n) is 2.83. The molecule has 2 N–H and O–H groups in total. The second-order valence-electron chi connectivity index (χ2n) is 5.98. The summed E-state index contributed by atoms with van der Waals surface area (Å²) < 4.78 is 0. The lowest BCUT2D eigenvalue weighted by molar-refractivity contribution is -0.120. The van der Waals surface area contributed by atoms with Gasteiger partial charge in [0, 0.05) is 29.6 Å². The van der Waals surface area contributed by atoms with Crippen LogP contribution in [-0.2, 0) is 16.0 Å². The summed E-state index contributed by atoms with van der Waals surface area (Å²) in [5.74, 6) is -0.611. The van der Waals surface area contributed by atoms with Gasteiger partial charge in [-0.05, 0) is 23.8 Å². The van der Waals surface area contributed by atoms with Gasteiger partial charge in [0.2, 0.25) is 11.8 Å². The van der Waals surface area contributed by atoms with E-state index in [0.717, 1.165) is 11.1 Å². The van der Waals surface area contributed by atoms with Gasteiger partial charge in [0.15, 0.2) is 0 Å². The van der Waals surface area contributed by atoms with Crippen molar-refractivity contribution < 1.29 is 14.4 Å². The molecule has 2 aromatic rings. The van der Waals surface area contributed by atoms with Crippen molar-refractivity contribution in [3.8, 4) is 0 Å². The molecule has 3 rings (SSSR count). The maximum atomic E-state index is 12.4. The molecule has 6 heteroatoms. The lowest BCUT2D eigenvalue weighted by atomic mass is 10.1. The first-order valence-corrected chi connectivity index (χ1v) is 8.19. The minimum absolute atomic E-state index is 0.0765. The Morgan fingerprint density at radius 1 is 1.00 bits per heavy atom. The average Bonchev–Trinajstić information content (AvgIpc) is 2.88. The van der Waals surface area contributed by atoms with Crippen LogP contribution < -0.4 is 10.6 Å². The van der Waals surface area contributed by atoms with E-state index in [4.69, 9.17) is 0 Å². The molecule has 0 saturated heterocycles. The zero-order valence-electron chi connectivity index (χ0n) is 14.4. The number of hydrogen-bond acceptors (Lipinski definition) is 3. The number of amides is 3. The number of fused-ring (bicyclic) bond motifs is 1. The quantitative estimate of drug-likeness (QED) is 0.867. The van der Waals surface area contributed by atoms with Crippen LogP contribution in [0, 0.1) is 0 Å². The number of hydrogen-bond donors (Lipinski definition) is 2. The number of carbonyl (C=O) groups excluding carboxylic acids is 3. The largest absolute Gasteiger partial charge is 0.359 e. The topological polar surface area (TPSA) is 78.5 Å². The lowest BCUT2D eigenvalue weighted by Crippen LogP contribution is -2.32. The predicted octanol–water partition coefficient (Wildman–Crippen LogP) is 2.04. The van der Waals surface area contributed by atoms with E-state index in [9.17, 15) is 14.4 Å². The molecule has 6 nitrogen and oxygen atoms in total. The monoisotopic (exact) mass is 349 g/mol. The van der Waals surface area contributed by atoms with Gasteiger partial charge < -0.3 is 10.6 Å². The Balaban J connectivity index is 1.62. The molecule has 0 bridgehead atoms.